The summed E-state index contributed by atoms with van der Waals surface area (Å²) < 4.78 is 33.2. The topological polar surface area (TPSA) is 161 Å². The normalized spacial score (nSPS) is 30.0. The number of hydrogen-bond acceptors (Lipinski definition) is 12. The molecule has 0 spiro atoms. The van der Waals surface area contributed by atoms with E-state index in [1.807, 2.05) is 42.5 Å². The molecule has 2 aromatic carbocycles. The summed E-state index contributed by atoms with van der Waals surface area (Å²) >= 11 is 0. The minimum absolute atomic E-state index is 0.0341. The molecule has 7 unspecified atom stereocenters. The lowest BCUT2D eigenvalue weighted by Gasteiger charge is -2.38. The maximum atomic E-state index is 11.3. The first-order chi connectivity index (χ1) is 18.5. The largest absolute Gasteiger partial charge is 0.491 e. The zero-order valence-corrected chi connectivity index (χ0v) is 20.3. The summed E-state index contributed by atoms with van der Waals surface area (Å²) in [6.07, 6.45) is -1.61. The first kappa shape index (κ1) is 26.2. The van der Waals surface area contributed by atoms with E-state index in [9.17, 15) is 20.0 Å². The standard InChI is InChI=1S/C26H28N2O10/c29-24-22(10-27-31)38-26(25(30)23(24)28-32)37-19-8-16(7-18(9-19)34-12-21-14-36-21)2-1-15-3-5-17(6-4-15)33-11-20-13-35-20/h1-9,20-26,29-30H,10-14H2/b2-1+. The fraction of sp³-hybridized carbons (Fsp3) is 0.462. The van der Waals surface area contributed by atoms with E-state index >= 15 is 0 Å². The summed E-state index contributed by atoms with van der Waals surface area (Å²) in [5.74, 6) is 1.52. The molecule has 3 aliphatic rings. The minimum atomic E-state index is -1.57. The third kappa shape index (κ3) is 6.91. The molecule has 0 amide bonds. The first-order valence-electron chi connectivity index (χ1n) is 12.2. The van der Waals surface area contributed by atoms with Gasteiger partial charge in [-0.1, -0.05) is 34.6 Å². The zero-order valence-electron chi connectivity index (χ0n) is 20.3. The predicted molar refractivity (Wildman–Crippen MR) is 134 cm³/mol. The average Bonchev–Trinajstić information content (AvgIpc) is 3.84. The van der Waals surface area contributed by atoms with Gasteiger partial charge in [0, 0.05) is 6.07 Å². The molecule has 0 saturated carbocycles. The summed E-state index contributed by atoms with van der Waals surface area (Å²) in [5.41, 5.74) is 1.66. The van der Waals surface area contributed by atoms with Crippen LogP contribution in [0.2, 0.25) is 0 Å². The van der Waals surface area contributed by atoms with Crippen LogP contribution in [0.15, 0.2) is 52.8 Å². The van der Waals surface area contributed by atoms with E-state index < -0.39 is 37.2 Å². The number of benzene rings is 2. The van der Waals surface area contributed by atoms with Crippen LogP contribution in [0.5, 0.6) is 17.2 Å². The highest BCUT2D eigenvalue weighted by molar-refractivity contribution is 5.71. The Balaban J connectivity index is 1.31. The van der Waals surface area contributed by atoms with Crippen molar-refractivity contribution in [1.82, 2.24) is 0 Å². The lowest BCUT2D eigenvalue weighted by Crippen LogP contribution is -2.59. The molecule has 2 aromatic rings. The molecule has 3 fully saturated rings. The van der Waals surface area contributed by atoms with Crippen LogP contribution in [0.25, 0.3) is 12.2 Å². The minimum Gasteiger partial charge on any atom is -0.491 e. The molecule has 5 rings (SSSR count). The van der Waals surface area contributed by atoms with Crippen molar-refractivity contribution < 1.29 is 38.6 Å². The van der Waals surface area contributed by atoms with Crippen molar-refractivity contribution in [3.05, 3.63) is 63.4 Å². The van der Waals surface area contributed by atoms with Crippen LogP contribution in [0.3, 0.4) is 0 Å². The highest BCUT2D eigenvalue weighted by atomic mass is 16.7. The van der Waals surface area contributed by atoms with Crippen LogP contribution < -0.4 is 14.2 Å². The van der Waals surface area contributed by atoms with Gasteiger partial charge in [-0.2, -0.15) is 9.81 Å². The number of hydrogen-bond donors (Lipinski definition) is 2. The van der Waals surface area contributed by atoms with E-state index in [-0.39, 0.29) is 18.0 Å². The second kappa shape index (κ2) is 12.0. The third-order valence-electron chi connectivity index (χ3n) is 6.22. The van der Waals surface area contributed by atoms with Crippen molar-refractivity contribution in [3.63, 3.8) is 0 Å². The third-order valence-corrected chi connectivity index (χ3v) is 6.22. The van der Waals surface area contributed by atoms with Gasteiger partial charge in [0.25, 0.3) is 0 Å². The molecule has 3 aliphatic heterocycles. The Bertz CT molecular complexity index is 1140. The molecular weight excluding hydrogens is 500 g/mol. The van der Waals surface area contributed by atoms with E-state index in [0.717, 1.165) is 23.5 Å². The number of rotatable bonds is 13. The van der Waals surface area contributed by atoms with Crippen molar-refractivity contribution in [3.8, 4) is 17.2 Å². The average molecular weight is 529 g/mol. The summed E-state index contributed by atoms with van der Waals surface area (Å²) in [6.45, 7) is 1.83. The number of aliphatic hydroxyl groups excluding tert-OH is 2. The SMILES string of the molecule is O=NCC1OC(Oc2cc(/C=C/c3ccc(OCC4CO4)cc3)cc(OCC3CO3)c2)C(O)C(N=O)C1O. The van der Waals surface area contributed by atoms with E-state index in [4.69, 9.17) is 28.4 Å². The molecule has 2 N–H and O–H groups in total. The van der Waals surface area contributed by atoms with Gasteiger partial charge in [-0.05, 0) is 35.4 Å². The van der Waals surface area contributed by atoms with Crippen LogP contribution in [0.1, 0.15) is 11.1 Å². The number of epoxide rings is 2. The van der Waals surface area contributed by atoms with Gasteiger partial charge in [0.1, 0.15) is 67.5 Å². The molecular formula is C26H28N2O10. The Kier molecular flexibility index (Phi) is 8.25. The van der Waals surface area contributed by atoms with E-state index in [2.05, 4.69) is 10.4 Å². The summed E-state index contributed by atoms with van der Waals surface area (Å²) in [5, 5.41) is 26.2. The van der Waals surface area contributed by atoms with Crippen molar-refractivity contribution >= 4 is 12.2 Å². The maximum absolute atomic E-state index is 11.3. The molecule has 0 radical (unpaired) electrons. The van der Waals surface area contributed by atoms with Crippen molar-refractivity contribution in [2.45, 2.75) is 42.9 Å². The van der Waals surface area contributed by atoms with Crippen LogP contribution in [-0.4, -0.2) is 86.0 Å². The van der Waals surface area contributed by atoms with E-state index in [1.165, 1.54) is 0 Å². The van der Waals surface area contributed by atoms with Gasteiger partial charge in [0.15, 0.2) is 6.04 Å². The van der Waals surface area contributed by atoms with Gasteiger partial charge in [0.05, 0.1) is 13.2 Å². The molecule has 0 aliphatic carbocycles. The number of nitrogens with zero attached hydrogens (tertiary/aromatic N) is 2. The van der Waals surface area contributed by atoms with Crippen molar-refractivity contribution in [2.75, 3.05) is 33.0 Å². The number of aliphatic hydroxyl groups is 2. The molecule has 0 bridgehead atoms. The Morgan fingerprint density at radius 2 is 1.47 bits per heavy atom. The lowest BCUT2D eigenvalue weighted by atomic mass is 9.97. The van der Waals surface area contributed by atoms with Gasteiger partial charge >= 0.3 is 0 Å². The highest BCUT2D eigenvalue weighted by Crippen LogP contribution is 2.30. The van der Waals surface area contributed by atoms with Gasteiger partial charge < -0.3 is 38.6 Å². The highest BCUT2D eigenvalue weighted by Gasteiger charge is 2.47. The Morgan fingerprint density at radius 3 is 2.11 bits per heavy atom. The second-order valence-electron chi connectivity index (χ2n) is 9.22. The van der Waals surface area contributed by atoms with Crippen LogP contribution in [0, 0.1) is 9.81 Å². The monoisotopic (exact) mass is 528 g/mol. The quantitative estimate of drug-likeness (QED) is 0.224. The van der Waals surface area contributed by atoms with Gasteiger partial charge in [0.2, 0.25) is 6.29 Å². The smallest absolute Gasteiger partial charge is 0.228 e. The van der Waals surface area contributed by atoms with Crippen LogP contribution in [-0.2, 0) is 14.2 Å². The Morgan fingerprint density at radius 1 is 0.842 bits per heavy atom. The fourth-order valence-corrected chi connectivity index (χ4v) is 3.91. The Hall–Kier alpha value is -3.42. The van der Waals surface area contributed by atoms with Gasteiger partial charge in [-0.15, -0.1) is 0 Å². The molecule has 3 heterocycles. The number of ether oxygens (including phenoxy) is 6. The summed E-state index contributed by atoms with van der Waals surface area (Å²) in [7, 11) is 0. The fourth-order valence-electron chi connectivity index (χ4n) is 3.91. The Labute approximate surface area is 218 Å². The zero-order chi connectivity index (χ0) is 26.5. The van der Waals surface area contributed by atoms with Gasteiger partial charge in [-0.3, -0.25) is 0 Å². The molecule has 12 nitrogen and oxygen atoms in total. The van der Waals surface area contributed by atoms with Crippen LogP contribution in [0.4, 0.5) is 0 Å². The van der Waals surface area contributed by atoms with Crippen molar-refractivity contribution in [1.29, 1.82) is 0 Å². The van der Waals surface area contributed by atoms with Gasteiger partial charge in [-0.25, -0.2) is 0 Å². The first-order valence-corrected chi connectivity index (χ1v) is 12.2. The van der Waals surface area contributed by atoms with E-state index in [1.54, 1.807) is 12.1 Å². The molecule has 0 aromatic heterocycles. The maximum Gasteiger partial charge on any atom is 0.228 e. The molecule has 12 heteroatoms. The predicted octanol–water partition coefficient (Wildman–Crippen LogP) is 2.14. The van der Waals surface area contributed by atoms with E-state index in [0.29, 0.717) is 25.6 Å². The summed E-state index contributed by atoms with van der Waals surface area (Å²) in [6, 6.07) is 11.3. The summed E-state index contributed by atoms with van der Waals surface area (Å²) in [4.78, 5) is 22.0. The molecule has 3 saturated heterocycles. The lowest BCUT2D eigenvalue weighted by molar-refractivity contribution is -0.237. The second-order valence-corrected chi connectivity index (χ2v) is 9.22. The van der Waals surface area contributed by atoms with Crippen molar-refractivity contribution in [2.24, 2.45) is 10.4 Å². The molecule has 38 heavy (non-hydrogen) atoms. The van der Waals surface area contributed by atoms with Crippen LogP contribution >= 0.6 is 0 Å². The molecule has 7 atom stereocenters. The number of nitroso groups, excluding NO2 is 2. The molecule has 202 valence electrons.